The van der Waals surface area contributed by atoms with E-state index in [0.29, 0.717) is 6.04 Å². The van der Waals surface area contributed by atoms with Crippen molar-refractivity contribution in [3.63, 3.8) is 0 Å². The highest BCUT2D eigenvalue weighted by atomic mass is 127. The molecule has 1 atom stereocenters. The quantitative estimate of drug-likeness (QED) is 0.631. The Morgan fingerprint density at radius 1 is 0.950 bits per heavy atom. The summed E-state index contributed by atoms with van der Waals surface area (Å²) in [4.78, 5) is 0. The minimum Gasteiger partial charge on any atom is -0.314 e. The molecule has 0 aromatic heterocycles. The molecule has 0 aliphatic heterocycles. The van der Waals surface area contributed by atoms with Gasteiger partial charge in [0.15, 0.2) is 0 Å². The molecule has 0 amide bonds. The van der Waals surface area contributed by atoms with E-state index >= 15 is 0 Å². The highest BCUT2D eigenvalue weighted by Crippen LogP contribution is 2.14. The highest BCUT2D eigenvalue weighted by molar-refractivity contribution is 14.1. The van der Waals surface area contributed by atoms with Crippen molar-refractivity contribution in [3.8, 4) is 0 Å². The maximum Gasteiger partial charge on any atom is 0.0175 e. The van der Waals surface area contributed by atoms with Gasteiger partial charge in [0.1, 0.15) is 0 Å². The van der Waals surface area contributed by atoms with E-state index in [1.807, 2.05) is 0 Å². The Bertz CT molecular complexity index is 474. The minimum absolute atomic E-state index is 0.487. The molecule has 1 N–H and O–H groups in total. The first kappa shape index (κ1) is 16.0. The normalized spacial score (nSPS) is 12.3. The van der Waals surface area contributed by atoms with Gasteiger partial charge in [-0.15, -0.1) is 0 Å². The molecule has 3 heteroatoms. The second-order valence-electron chi connectivity index (χ2n) is 4.92. The molecule has 0 saturated heterocycles. The topological polar surface area (TPSA) is 12.0 Å². The highest BCUT2D eigenvalue weighted by Gasteiger charge is 2.09. The molecule has 0 saturated carbocycles. The number of hydrogen-bond acceptors (Lipinski definition) is 1. The first-order valence-corrected chi connectivity index (χ1v) is 8.77. The fraction of sp³-hybridized carbons (Fsp3) is 0.294. The molecule has 1 unspecified atom stereocenters. The molecular formula is C17H19BrIN. The maximum absolute atomic E-state index is 3.60. The van der Waals surface area contributed by atoms with Gasteiger partial charge in [0.25, 0.3) is 0 Å². The summed E-state index contributed by atoms with van der Waals surface area (Å²) >= 11 is 5.84. The van der Waals surface area contributed by atoms with Crippen LogP contribution in [0.3, 0.4) is 0 Å². The smallest absolute Gasteiger partial charge is 0.0175 e. The van der Waals surface area contributed by atoms with Gasteiger partial charge < -0.3 is 5.32 Å². The van der Waals surface area contributed by atoms with Crippen molar-refractivity contribution < 1.29 is 0 Å². The van der Waals surface area contributed by atoms with Gasteiger partial charge in [0.05, 0.1) is 0 Å². The van der Waals surface area contributed by atoms with E-state index in [-0.39, 0.29) is 0 Å². The Labute approximate surface area is 143 Å². The van der Waals surface area contributed by atoms with Crippen LogP contribution in [-0.2, 0) is 12.8 Å². The predicted octanol–water partition coefficient (Wildman–Crippen LogP) is 4.82. The number of likely N-dealkylation sites (N-methyl/N-ethyl adjacent to an activating group) is 1. The largest absolute Gasteiger partial charge is 0.314 e. The third kappa shape index (κ3) is 5.19. The summed E-state index contributed by atoms with van der Waals surface area (Å²) in [6.45, 7) is 3.17. The van der Waals surface area contributed by atoms with Crippen LogP contribution in [0.1, 0.15) is 18.1 Å². The first-order chi connectivity index (χ1) is 9.67. The molecule has 0 heterocycles. The molecule has 0 fully saturated rings. The fourth-order valence-corrected chi connectivity index (χ4v) is 2.94. The van der Waals surface area contributed by atoms with Gasteiger partial charge in [-0.2, -0.15) is 0 Å². The molecule has 0 bridgehead atoms. The lowest BCUT2D eigenvalue weighted by molar-refractivity contribution is 0.521. The van der Waals surface area contributed by atoms with E-state index in [2.05, 4.69) is 99.3 Å². The average molecular weight is 444 g/mol. The summed E-state index contributed by atoms with van der Waals surface area (Å²) in [5.41, 5.74) is 2.78. The van der Waals surface area contributed by atoms with Crippen LogP contribution in [0, 0.1) is 3.57 Å². The van der Waals surface area contributed by atoms with Gasteiger partial charge in [0.2, 0.25) is 0 Å². The van der Waals surface area contributed by atoms with E-state index < -0.39 is 0 Å². The lowest BCUT2D eigenvalue weighted by atomic mass is 9.99. The summed E-state index contributed by atoms with van der Waals surface area (Å²) in [5.74, 6) is 0. The van der Waals surface area contributed by atoms with Crippen molar-refractivity contribution in [1.29, 1.82) is 0 Å². The second kappa shape index (κ2) is 8.15. The van der Waals surface area contributed by atoms with Gasteiger partial charge in [-0.25, -0.2) is 0 Å². The van der Waals surface area contributed by atoms with Crippen molar-refractivity contribution in [2.75, 3.05) is 6.54 Å². The van der Waals surface area contributed by atoms with Crippen molar-refractivity contribution in [2.24, 2.45) is 0 Å². The van der Waals surface area contributed by atoms with Gasteiger partial charge in [-0.1, -0.05) is 47.1 Å². The van der Waals surface area contributed by atoms with Crippen LogP contribution in [0.25, 0.3) is 0 Å². The Morgan fingerprint density at radius 3 is 1.95 bits per heavy atom. The lowest BCUT2D eigenvalue weighted by Crippen LogP contribution is -2.33. The first-order valence-electron chi connectivity index (χ1n) is 6.89. The average Bonchev–Trinajstić information content (AvgIpc) is 2.44. The Hall–Kier alpha value is -0.390. The van der Waals surface area contributed by atoms with E-state index in [1.165, 1.54) is 14.7 Å². The summed E-state index contributed by atoms with van der Waals surface area (Å²) in [5, 5.41) is 3.60. The second-order valence-corrected chi connectivity index (χ2v) is 7.08. The monoisotopic (exact) mass is 443 g/mol. The molecule has 0 aliphatic rings. The van der Waals surface area contributed by atoms with E-state index in [1.54, 1.807) is 0 Å². The van der Waals surface area contributed by atoms with Crippen LogP contribution in [0.5, 0.6) is 0 Å². The predicted molar refractivity (Wildman–Crippen MR) is 98.2 cm³/mol. The third-order valence-corrected chi connectivity index (χ3v) is 4.53. The van der Waals surface area contributed by atoms with Crippen molar-refractivity contribution in [2.45, 2.75) is 25.8 Å². The van der Waals surface area contributed by atoms with Crippen LogP contribution in [0.15, 0.2) is 53.0 Å². The van der Waals surface area contributed by atoms with Crippen molar-refractivity contribution in [1.82, 2.24) is 5.32 Å². The van der Waals surface area contributed by atoms with Crippen LogP contribution in [0.4, 0.5) is 0 Å². The van der Waals surface area contributed by atoms with E-state index in [9.17, 15) is 0 Å². The van der Waals surface area contributed by atoms with Gasteiger partial charge in [-0.3, -0.25) is 0 Å². The molecule has 0 spiro atoms. The van der Waals surface area contributed by atoms with Crippen LogP contribution >= 0.6 is 38.5 Å². The summed E-state index contributed by atoms with van der Waals surface area (Å²) in [6.07, 6.45) is 2.13. The summed E-state index contributed by atoms with van der Waals surface area (Å²) < 4.78 is 2.43. The summed E-state index contributed by atoms with van der Waals surface area (Å²) in [7, 11) is 0. The lowest BCUT2D eigenvalue weighted by Gasteiger charge is -2.18. The Balaban J connectivity index is 2.02. The zero-order chi connectivity index (χ0) is 14.4. The number of nitrogens with one attached hydrogen (secondary N) is 1. The van der Waals surface area contributed by atoms with Gasteiger partial charge >= 0.3 is 0 Å². The molecule has 20 heavy (non-hydrogen) atoms. The standard InChI is InChI=1S/C17H19BrIN/c1-2-20-17(11-13-3-7-15(18)8-4-13)12-14-5-9-16(19)10-6-14/h3-10,17,20H,2,11-12H2,1H3. The van der Waals surface area contributed by atoms with E-state index in [4.69, 9.17) is 0 Å². The minimum atomic E-state index is 0.487. The number of rotatable bonds is 6. The molecule has 2 aromatic carbocycles. The van der Waals surface area contributed by atoms with Gasteiger partial charge in [0, 0.05) is 14.1 Å². The zero-order valence-corrected chi connectivity index (χ0v) is 15.3. The van der Waals surface area contributed by atoms with Gasteiger partial charge in [-0.05, 0) is 77.4 Å². The molecule has 0 aliphatic carbocycles. The molecule has 2 aromatic rings. The molecule has 106 valence electrons. The van der Waals surface area contributed by atoms with Crippen LogP contribution in [-0.4, -0.2) is 12.6 Å². The number of hydrogen-bond donors (Lipinski definition) is 1. The Kier molecular flexibility index (Phi) is 6.52. The maximum atomic E-state index is 3.60. The van der Waals surface area contributed by atoms with Crippen LogP contribution < -0.4 is 5.32 Å². The van der Waals surface area contributed by atoms with Crippen molar-refractivity contribution >= 4 is 38.5 Å². The number of halogens is 2. The molecular weight excluding hydrogens is 425 g/mol. The van der Waals surface area contributed by atoms with E-state index in [0.717, 1.165) is 23.9 Å². The number of benzene rings is 2. The molecule has 0 radical (unpaired) electrons. The molecule has 2 rings (SSSR count). The van der Waals surface area contributed by atoms with Crippen molar-refractivity contribution in [3.05, 3.63) is 67.7 Å². The third-order valence-electron chi connectivity index (χ3n) is 3.28. The fourth-order valence-electron chi connectivity index (χ4n) is 2.32. The van der Waals surface area contributed by atoms with Crippen LogP contribution in [0.2, 0.25) is 0 Å². The summed E-state index contributed by atoms with van der Waals surface area (Å²) in [6, 6.07) is 17.9. The molecule has 1 nitrogen and oxygen atoms in total. The SMILES string of the molecule is CCNC(Cc1ccc(Br)cc1)Cc1ccc(I)cc1. The zero-order valence-electron chi connectivity index (χ0n) is 11.6. The Morgan fingerprint density at radius 2 is 1.45 bits per heavy atom.